The van der Waals surface area contributed by atoms with E-state index in [-0.39, 0.29) is 11.2 Å². The molecule has 0 radical (unpaired) electrons. The number of thiazole rings is 1. The normalized spacial score (nSPS) is 12.1. The van der Waals surface area contributed by atoms with Crippen molar-refractivity contribution in [3.8, 4) is 0 Å². The molecule has 0 aromatic carbocycles. The quantitative estimate of drug-likeness (QED) is 0.914. The Balaban J connectivity index is 1.81. The second kappa shape index (κ2) is 6.51. The van der Waals surface area contributed by atoms with Gasteiger partial charge in [-0.1, -0.05) is 6.07 Å². The molecule has 0 aliphatic rings. The van der Waals surface area contributed by atoms with E-state index in [1.165, 1.54) is 11.3 Å². The van der Waals surface area contributed by atoms with Gasteiger partial charge in [-0.2, -0.15) is 0 Å². The van der Waals surface area contributed by atoms with Crippen LogP contribution in [0.25, 0.3) is 0 Å². The number of nitrogens with zero attached hydrogens (tertiary/aromatic N) is 2. The topological polar surface area (TPSA) is 54.9 Å². The van der Waals surface area contributed by atoms with Crippen molar-refractivity contribution in [3.05, 3.63) is 41.7 Å². The number of thioether (sulfide) groups is 1. The Labute approximate surface area is 114 Å². The van der Waals surface area contributed by atoms with Crippen LogP contribution < -0.4 is 5.32 Å². The van der Waals surface area contributed by atoms with Crippen LogP contribution in [0.5, 0.6) is 0 Å². The zero-order valence-corrected chi connectivity index (χ0v) is 11.5. The molecular weight excluding hydrogens is 266 g/mol. The summed E-state index contributed by atoms with van der Waals surface area (Å²) in [4.78, 5) is 20.1. The van der Waals surface area contributed by atoms with Crippen molar-refractivity contribution in [2.75, 3.05) is 5.32 Å². The Bertz CT molecular complexity index is 487. The summed E-state index contributed by atoms with van der Waals surface area (Å²) in [5.41, 5.74) is 0.983. The smallest absolute Gasteiger partial charge is 0.238 e. The molecule has 0 fully saturated rings. The van der Waals surface area contributed by atoms with E-state index in [1.54, 1.807) is 24.2 Å². The van der Waals surface area contributed by atoms with Gasteiger partial charge >= 0.3 is 0 Å². The maximum atomic E-state index is 11.8. The first-order chi connectivity index (χ1) is 8.75. The van der Waals surface area contributed by atoms with Crippen LogP contribution in [-0.2, 0) is 10.5 Å². The number of carbonyl (C=O) groups is 1. The van der Waals surface area contributed by atoms with Gasteiger partial charge in [-0.05, 0) is 19.1 Å². The van der Waals surface area contributed by atoms with Crippen LogP contribution in [0.3, 0.4) is 0 Å². The molecule has 0 bridgehead atoms. The van der Waals surface area contributed by atoms with Gasteiger partial charge in [-0.25, -0.2) is 4.98 Å². The van der Waals surface area contributed by atoms with Crippen LogP contribution in [0.4, 0.5) is 5.13 Å². The summed E-state index contributed by atoms with van der Waals surface area (Å²) in [6, 6.07) is 5.79. The van der Waals surface area contributed by atoms with E-state index >= 15 is 0 Å². The highest BCUT2D eigenvalue weighted by Crippen LogP contribution is 2.18. The second-order valence-electron chi connectivity index (χ2n) is 3.60. The Morgan fingerprint density at radius 2 is 2.33 bits per heavy atom. The van der Waals surface area contributed by atoms with Crippen molar-refractivity contribution in [1.29, 1.82) is 0 Å². The minimum Gasteiger partial charge on any atom is -0.301 e. The van der Waals surface area contributed by atoms with Crippen molar-refractivity contribution in [2.24, 2.45) is 0 Å². The van der Waals surface area contributed by atoms with E-state index in [4.69, 9.17) is 0 Å². The van der Waals surface area contributed by atoms with E-state index in [0.29, 0.717) is 5.13 Å². The van der Waals surface area contributed by atoms with E-state index in [2.05, 4.69) is 15.3 Å². The standard InChI is InChI=1S/C12H13N3OS2/c1-9(11(16)15-12-14-6-7-17-12)18-8-10-4-2-3-5-13-10/h2-7,9H,8H2,1H3,(H,14,15,16). The lowest BCUT2D eigenvalue weighted by atomic mass is 10.4. The molecule has 2 heterocycles. The number of carbonyl (C=O) groups excluding carboxylic acids is 1. The molecule has 2 aromatic rings. The molecule has 1 atom stereocenters. The van der Waals surface area contributed by atoms with Crippen molar-refractivity contribution >= 4 is 34.1 Å². The predicted molar refractivity (Wildman–Crippen MR) is 75.7 cm³/mol. The molecule has 1 unspecified atom stereocenters. The Morgan fingerprint density at radius 1 is 1.44 bits per heavy atom. The van der Waals surface area contributed by atoms with Gasteiger partial charge in [-0.15, -0.1) is 23.1 Å². The van der Waals surface area contributed by atoms with Crippen LogP contribution in [0.2, 0.25) is 0 Å². The summed E-state index contributed by atoms with van der Waals surface area (Å²) in [7, 11) is 0. The minimum absolute atomic E-state index is 0.0223. The number of pyridine rings is 1. The Kier molecular flexibility index (Phi) is 4.72. The largest absolute Gasteiger partial charge is 0.301 e. The lowest BCUT2D eigenvalue weighted by Crippen LogP contribution is -2.22. The summed E-state index contributed by atoms with van der Waals surface area (Å²) in [5.74, 6) is 0.707. The number of anilines is 1. The van der Waals surface area contributed by atoms with Gasteiger partial charge in [0.25, 0.3) is 0 Å². The zero-order valence-electron chi connectivity index (χ0n) is 9.87. The van der Waals surface area contributed by atoms with Gasteiger partial charge in [0.1, 0.15) is 0 Å². The van der Waals surface area contributed by atoms with Crippen LogP contribution in [0, 0.1) is 0 Å². The first-order valence-corrected chi connectivity index (χ1v) is 7.40. The molecule has 0 aliphatic carbocycles. The minimum atomic E-state index is -0.129. The summed E-state index contributed by atoms with van der Waals surface area (Å²) in [6.07, 6.45) is 3.43. The predicted octanol–water partition coefficient (Wildman–Crippen LogP) is 2.80. The molecule has 4 nitrogen and oxygen atoms in total. The van der Waals surface area contributed by atoms with Gasteiger partial charge < -0.3 is 5.32 Å². The van der Waals surface area contributed by atoms with Crippen molar-refractivity contribution < 1.29 is 4.79 Å². The molecule has 6 heteroatoms. The Hall–Kier alpha value is -1.40. The molecule has 2 aromatic heterocycles. The highest BCUT2D eigenvalue weighted by molar-refractivity contribution is 7.99. The highest BCUT2D eigenvalue weighted by Gasteiger charge is 2.14. The fraction of sp³-hybridized carbons (Fsp3) is 0.250. The zero-order chi connectivity index (χ0) is 12.8. The fourth-order valence-corrected chi connectivity index (χ4v) is 2.60. The van der Waals surface area contributed by atoms with Crippen LogP contribution in [-0.4, -0.2) is 21.1 Å². The summed E-state index contributed by atoms with van der Waals surface area (Å²) in [6.45, 7) is 1.89. The number of nitrogens with one attached hydrogen (secondary N) is 1. The molecular formula is C12H13N3OS2. The summed E-state index contributed by atoms with van der Waals surface area (Å²) >= 11 is 2.98. The maximum Gasteiger partial charge on any atom is 0.238 e. The third-order valence-electron chi connectivity index (χ3n) is 2.24. The molecule has 0 saturated carbocycles. The van der Waals surface area contributed by atoms with Gasteiger partial charge in [-0.3, -0.25) is 9.78 Å². The monoisotopic (exact) mass is 279 g/mol. The van der Waals surface area contributed by atoms with Gasteiger partial charge in [0.05, 0.1) is 10.9 Å². The average Bonchev–Trinajstić information content (AvgIpc) is 2.90. The summed E-state index contributed by atoms with van der Waals surface area (Å²) < 4.78 is 0. The molecule has 94 valence electrons. The molecule has 1 amide bonds. The first kappa shape index (κ1) is 13.0. The maximum absolute atomic E-state index is 11.8. The fourth-order valence-electron chi connectivity index (χ4n) is 1.26. The first-order valence-electron chi connectivity index (χ1n) is 5.47. The van der Waals surface area contributed by atoms with Crippen molar-refractivity contribution in [1.82, 2.24) is 9.97 Å². The molecule has 0 spiro atoms. The molecule has 18 heavy (non-hydrogen) atoms. The molecule has 1 N–H and O–H groups in total. The second-order valence-corrected chi connectivity index (χ2v) is 5.82. The Morgan fingerprint density at radius 3 is 3.00 bits per heavy atom. The molecule has 0 aliphatic heterocycles. The number of hydrogen-bond donors (Lipinski definition) is 1. The van der Waals surface area contributed by atoms with Crippen molar-refractivity contribution in [3.63, 3.8) is 0 Å². The van der Waals surface area contributed by atoms with Gasteiger partial charge in [0.2, 0.25) is 5.91 Å². The van der Waals surface area contributed by atoms with E-state index in [0.717, 1.165) is 11.4 Å². The van der Waals surface area contributed by atoms with Gasteiger partial charge in [0, 0.05) is 23.5 Å². The van der Waals surface area contributed by atoms with Crippen LogP contribution in [0.15, 0.2) is 36.0 Å². The van der Waals surface area contributed by atoms with Crippen LogP contribution >= 0.6 is 23.1 Å². The lowest BCUT2D eigenvalue weighted by molar-refractivity contribution is -0.115. The number of hydrogen-bond acceptors (Lipinski definition) is 5. The number of aromatic nitrogens is 2. The van der Waals surface area contributed by atoms with E-state index in [9.17, 15) is 4.79 Å². The van der Waals surface area contributed by atoms with E-state index < -0.39 is 0 Å². The van der Waals surface area contributed by atoms with Crippen LogP contribution in [0.1, 0.15) is 12.6 Å². The highest BCUT2D eigenvalue weighted by atomic mass is 32.2. The SMILES string of the molecule is CC(SCc1ccccn1)C(=O)Nc1nccs1. The van der Waals surface area contributed by atoms with E-state index in [1.807, 2.05) is 30.5 Å². The third-order valence-corrected chi connectivity index (χ3v) is 4.10. The number of amides is 1. The summed E-state index contributed by atoms with van der Waals surface area (Å²) in [5, 5.41) is 5.13. The molecule has 0 saturated heterocycles. The number of rotatable bonds is 5. The third kappa shape index (κ3) is 3.82. The lowest BCUT2D eigenvalue weighted by Gasteiger charge is -2.09. The average molecular weight is 279 g/mol. The molecule has 2 rings (SSSR count). The van der Waals surface area contributed by atoms with Gasteiger partial charge in [0.15, 0.2) is 5.13 Å². The van der Waals surface area contributed by atoms with Crippen molar-refractivity contribution in [2.45, 2.75) is 17.9 Å².